The van der Waals surface area contributed by atoms with E-state index in [-0.39, 0.29) is 11.9 Å². The van der Waals surface area contributed by atoms with E-state index >= 15 is 0 Å². The maximum absolute atomic E-state index is 13.0. The third-order valence-corrected chi connectivity index (χ3v) is 5.05. The lowest BCUT2D eigenvalue weighted by Gasteiger charge is -2.18. The van der Waals surface area contributed by atoms with Crippen molar-refractivity contribution in [3.8, 4) is 0 Å². The van der Waals surface area contributed by atoms with Gasteiger partial charge < -0.3 is 16.0 Å². The fourth-order valence-corrected chi connectivity index (χ4v) is 3.45. The fraction of sp³-hybridized carbons (Fsp3) is 0.292. The summed E-state index contributed by atoms with van der Waals surface area (Å²) in [6.07, 6.45) is 1.03. The zero-order chi connectivity index (χ0) is 19.9. The highest BCUT2D eigenvalue weighted by atomic mass is 16.1. The number of carbonyl (C=O) groups excluding carboxylic acids is 1. The summed E-state index contributed by atoms with van der Waals surface area (Å²) >= 11 is 0. The van der Waals surface area contributed by atoms with Gasteiger partial charge in [-0.1, -0.05) is 48.5 Å². The van der Waals surface area contributed by atoms with Crippen molar-refractivity contribution in [2.45, 2.75) is 26.3 Å². The van der Waals surface area contributed by atoms with Crippen molar-refractivity contribution in [3.63, 3.8) is 0 Å². The van der Waals surface area contributed by atoms with Crippen molar-refractivity contribution in [1.29, 1.82) is 0 Å². The molecule has 0 bridgehead atoms. The Morgan fingerprint density at radius 3 is 2.61 bits per heavy atom. The summed E-state index contributed by atoms with van der Waals surface area (Å²) in [5.41, 5.74) is 3.80. The van der Waals surface area contributed by atoms with Crippen LogP contribution in [0.4, 0.5) is 5.69 Å². The molecular formula is C24H29N3O. The Morgan fingerprint density at radius 1 is 1.00 bits per heavy atom. The van der Waals surface area contributed by atoms with Gasteiger partial charge in [0.05, 0.1) is 6.04 Å². The molecule has 3 aromatic carbocycles. The molecule has 0 fully saturated rings. The average Bonchev–Trinajstić information content (AvgIpc) is 2.71. The molecule has 0 aliphatic rings. The second kappa shape index (κ2) is 9.38. The molecule has 0 unspecified atom stereocenters. The highest BCUT2D eigenvalue weighted by Crippen LogP contribution is 2.25. The number of aryl methyl sites for hydroxylation is 1. The number of rotatable bonds is 8. The van der Waals surface area contributed by atoms with Crippen molar-refractivity contribution in [1.82, 2.24) is 10.6 Å². The highest BCUT2D eigenvalue weighted by molar-refractivity contribution is 5.97. The van der Waals surface area contributed by atoms with Crippen LogP contribution in [0, 0.1) is 6.92 Å². The molecule has 3 aromatic rings. The molecule has 0 heterocycles. The minimum atomic E-state index is -0.0785. The van der Waals surface area contributed by atoms with Gasteiger partial charge in [-0.05, 0) is 67.9 Å². The molecule has 0 aromatic heterocycles. The van der Waals surface area contributed by atoms with E-state index in [9.17, 15) is 4.79 Å². The number of amides is 1. The molecule has 146 valence electrons. The molecular weight excluding hydrogens is 346 g/mol. The van der Waals surface area contributed by atoms with Gasteiger partial charge in [-0.2, -0.15) is 0 Å². The molecule has 0 saturated heterocycles. The Kier molecular flexibility index (Phi) is 6.66. The Bertz CT molecular complexity index is 946. The van der Waals surface area contributed by atoms with E-state index in [0.717, 1.165) is 36.3 Å². The monoisotopic (exact) mass is 375 g/mol. The summed E-state index contributed by atoms with van der Waals surface area (Å²) in [5, 5.41) is 12.1. The van der Waals surface area contributed by atoms with Crippen molar-refractivity contribution < 1.29 is 4.79 Å². The first-order chi connectivity index (χ1) is 13.6. The van der Waals surface area contributed by atoms with E-state index in [1.54, 1.807) is 0 Å². The maximum Gasteiger partial charge on any atom is 0.252 e. The van der Waals surface area contributed by atoms with E-state index in [2.05, 4.69) is 40.2 Å². The van der Waals surface area contributed by atoms with E-state index < -0.39 is 0 Å². The van der Waals surface area contributed by atoms with Crippen molar-refractivity contribution in [3.05, 3.63) is 77.4 Å². The molecule has 4 nitrogen and oxygen atoms in total. The molecule has 3 rings (SSSR count). The number of hydrogen-bond acceptors (Lipinski definition) is 3. The molecule has 1 amide bonds. The Hall–Kier alpha value is -2.85. The number of nitrogens with one attached hydrogen (secondary N) is 3. The van der Waals surface area contributed by atoms with Gasteiger partial charge in [0.1, 0.15) is 0 Å². The second-order valence-electron chi connectivity index (χ2n) is 7.18. The molecule has 28 heavy (non-hydrogen) atoms. The predicted molar refractivity (Wildman–Crippen MR) is 118 cm³/mol. The van der Waals surface area contributed by atoms with E-state index in [1.807, 2.05) is 57.3 Å². The van der Waals surface area contributed by atoms with Gasteiger partial charge in [-0.15, -0.1) is 0 Å². The topological polar surface area (TPSA) is 53.2 Å². The Labute approximate surface area is 167 Å². The first kappa shape index (κ1) is 19.9. The second-order valence-corrected chi connectivity index (χ2v) is 7.18. The fourth-order valence-electron chi connectivity index (χ4n) is 3.45. The number of fused-ring (bicyclic) bond motifs is 1. The largest absolute Gasteiger partial charge is 0.385 e. The van der Waals surface area contributed by atoms with Crippen LogP contribution in [0.25, 0.3) is 10.8 Å². The first-order valence-corrected chi connectivity index (χ1v) is 9.88. The minimum Gasteiger partial charge on any atom is -0.385 e. The van der Waals surface area contributed by atoms with Crippen molar-refractivity contribution in [2.75, 3.05) is 25.5 Å². The Balaban J connectivity index is 1.74. The molecule has 1 atom stereocenters. The van der Waals surface area contributed by atoms with Gasteiger partial charge >= 0.3 is 0 Å². The molecule has 3 N–H and O–H groups in total. The average molecular weight is 376 g/mol. The van der Waals surface area contributed by atoms with E-state index in [4.69, 9.17) is 0 Å². The van der Waals surface area contributed by atoms with Gasteiger partial charge in [0.15, 0.2) is 0 Å². The van der Waals surface area contributed by atoms with E-state index in [0.29, 0.717) is 5.56 Å². The molecule has 4 heteroatoms. The summed E-state index contributed by atoms with van der Waals surface area (Å²) in [6.45, 7) is 5.85. The van der Waals surface area contributed by atoms with Crippen LogP contribution in [0.2, 0.25) is 0 Å². The standard InChI is InChI=1S/C24H29N3O/c1-17-12-13-20(26-15-7-14-25-3)16-23(17)24(28)27-18(2)21-11-6-9-19-8-4-5-10-22(19)21/h4-6,8-13,16,18,25-26H,7,14-15H2,1-3H3,(H,27,28)/t18-/m1/s1. The molecule has 0 aliphatic carbocycles. The van der Waals surface area contributed by atoms with Crippen LogP contribution in [-0.4, -0.2) is 26.0 Å². The van der Waals surface area contributed by atoms with E-state index in [1.165, 1.54) is 10.8 Å². The predicted octanol–water partition coefficient (Wildman–Crippen LogP) is 4.66. The normalized spacial score (nSPS) is 12.0. The molecule has 0 saturated carbocycles. The van der Waals surface area contributed by atoms with Crippen LogP contribution < -0.4 is 16.0 Å². The lowest BCUT2D eigenvalue weighted by Crippen LogP contribution is -2.27. The third-order valence-electron chi connectivity index (χ3n) is 5.05. The SMILES string of the molecule is CNCCCNc1ccc(C)c(C(=O)N[C@H](C)c2cccc3ccccc23)c1. The maximum atomic E-state index is 13.0. The van der Waals surface area contributed by atoms with Crippen LogP contribution in [0.1, 0.15) is 40.9 Å². The Morgan fingerprint density at radius 2 is 1.79 bits per heavy atom. The van der Waals surface area contributed by atoms with Crippen LogP contribution in [-0.2, 0) is 0 Å². The van der Waals surface area contributed by atoms with Crippen molar-refractivity contribution >= 4 is 22.4 Å². The summed E-state index contributed by atoms with van der Waals surface area (Å²) < 4.78 is 0. The minimum absolute atomic E-state index is 0.0446. The van der Waals surface area contributed by atoms with Crippen molar-refractivity contribution in [2.24, 2.45) is 0 Å². The summed E-state index contributed by atoms with van der Waals surface area (Å²) in [5.74, 6) is -0.0446. The number of hydrogen-bond donors (Lipinski definition) is 3. The lowest BCUT2D eigenvalue weighted by atomic mass is 9.99. The third kappa shape index (κ3) is 4.70. The van der Waals surface area contributed by atoms with Gasteiger partial charge in [0.25, 0.3) is 5.91 Å². The molecule has 0 radical (unpaired) electrons. The van der Waals surface area contributed by atoms with Crippen LogP contribution in [0.3, 0.4) is 0 Å². The summed E-state index contributed by atoms with van der Waals surface area (Å²) in [6, 6.07) is 20.4. The molecule has 0 aliphatic heterocycles. The smallest absolute Gasteiger partial charge is 0.252 e. The summed E-state index contributed by atoms with van der Waals surface area (Å²) in [4.78, 5) is 13.0. The molecule has 0 spiro atoms. The number of carbonyl (C=O) groups is 1. The first-order valence-electron chi connectivity index (χ1n) is 9.88. The zero-order valence-corrected chi connectivity index (χ0v) is 16.9. The quantitative estimate of drug-likeness (QED) is 0.502. The van der Waals surface area contributed by atoms with Gasteiger partial charge in [-0.3, -0.25) is 4.79 Å². The van der Waals surface area contributed by atoms with Gasteiger partial charge in [0, 0.05) is 17.8 Å². The van der Waals surface area contributed by atoms with Crippen LogP contribution >= 0.6 is 0 Å². The summed E-state index contributed by atoms with van der Waals surface area (Å²) in [7, 11) is 1.95. The highest BCUT2D eigenvalue weighted by Gasteiger charge is 2.15. The van der Waals surface area contributed by atoms with Gasteiger partial charge in [0.2, 0.25) is 0 Å². The zero-order valence-electron chi connectivity index (χ0n) is 16.9. The van der Waals surface area contributed by atoms with Crippen LogP contribution in [0.15, 0.2) is 60.7 Å². The lowest BCUT2D eigenvalue weighted by molar-refractivity contribution is 0.0939. The number of anilines is 1. The van der Waals surface area contributed by atoms with Gasteiger partial charge in [-0.25, -0.2) is 0 Å². The number of benzene rings is 3. The van der Waals surface area contributed by atoms with Crippen LogP contribution in [0.5, 0.6) is 0 Å².